The number of hydrogen-bond acceptors (Lipinski definition) is 7. The van der Waals surface area contributed by atoms with Crippen molar-refractivity contribution in [2.24, 2.45) is 0 Å². The molecule has 0 fully saturated rings. The smallest absolute Gasteiger partial charge is 0.343 e. The molecule has 0 aliphatic heterocycles. The number of carbonyl (C=O) groups is 1. The molecule has 7 nitrogen and oxygen atoms in total. The van der Waals surface area contributed by atoms with E-state index in [0.29, 0.717) is 45.3 Å². The molecule has 0 saturated carbocycles. The normalized spacial score (nSPS) is 10.5. The Hall–Kier alpha value is -4.13. The Bertz CT molecular complexity index is 1180. The van der Waals surface area contributed by atoms with Crippen LogP contribution in [0.1, 0.15) is 10.4 Å². The van der Waals surface area contributed by atoms with Crippen molar-refractivity contribution in [1.29, 1.82) is 0 Å². The first-order valence-corrected chi connectivity index (χ1v) is 9.10. The second kappa shape index (κ2) is 8.48. The maximum Gasteiger partial charge on any atom is 0.343 e. The summed E-state index contributed by atoms with van der Waals surface area (Å²) in [5, 5.41) is 0.676. The zero-order valence-corrected chi connectivity index (χ0v) is 16.4. The first-order valence-electron chi connectivity index (χ1n) is 9.10. The first-order chi connectivity index (χ1) is 14.7. The van der Waals surface area contributed by atoms with Gasteiger partial charge in [-0.1, -0.05) is 18.2 Å². The molecule has 1 aromatic heterocycles. The molecule has 0 spiro atoms. The number of nitrogens with zero attached hydrogens (tertiary/aromatic N) is 2. The third-order valence-corrected chi connectivity index (χ3v) is 4.36. The number of carbonyl (C=O) groups excluding carboxylic acids is 1. The lowest BCUT2D eigenvalue weighted by molar-refractivity contribution is 0.0734. The van der Waals surface area contributed by atoms with E-state index in [9.17, 15) is 4.79 Å². The van der Waals surface area contributed by atoms with Crippen molar-refractivity contribution in [2.45, 2.75) is 0 Å². The Kier molecular flexibility index (Phi) is 5.43. The van der Waals surface area contributed by atoms with Crippen LogP contribution in [-0.2, 0) is 0 Å². The monoisotopic (exact) mass is 402 g/mol. The van der Waals surface area contributed by atoms with Gasteiger partial charge in [0.2, 0.25) is 5.88 Å². The Morgan fingerprint density at radius 2 is 1.47 bits per heavy atom. The van der Waals surface area contributed by atoms with Crippen LogP contribution in [0, 0.1) is 0 Å². The van der Waals surface area contributed by atoms with Gasteiger partial charge in [0.05, 0.1) is 30.7 Å². The van der Waals surface area contributed by atoms with Gasteiger partial charge in [-0.3, -0.25) is 0 Å². The molecule has 7 heteroatoms. The molecule has 30 heavy (non-hydrogen) atoms. The predicted octanol–water partition coefficient (Wildman–Crippen LogP) is 4.66. The fraction of sp³-hybridized carbons (Fsp3) is 0.0870. The molecule has 0 aliphatic carbocycles. The lowest BCUT2D eigenvalue weighted by Gasteiger charge is -2.11. The lowest BCUT2D eigenvalue weighted by Crippen LogP contribution is -2.07. The molecule has 0 radical (unpaired) electrons. The average molecular weight is 402 g/mol. The number of benzene rings is 3. The van der Waals surface area contributed by atoms with E-state index in [2.05, 4.69) is 9.97 Å². The lowest BCUT2D eigenvalue weighted by atomic mass is 10.2. The van der Waals surface area contributed by atoms with Crippen LogP contribution < -0.4 is 18.9 Å². The molecule has 4 rings (SSSR count). The third kappa shape index (κ3) is 4.00. The van der Waals surface area contributed by atoms with Gasteiger partial charge in [-0.25, -0.2) is 14.8 Å². The van der Waals surface area contributed by atoms with Gasteiger partial charge in [0.15, 0.2) is 11.5 Å². The third-order valence-electron chi connectivity index (χ3n) is 4.36. The minimum atomic E-state index is -0.424. The Labute approximate surface area is 172 Å². The summed E-state index contributed by atoms with van der Waals surface area (Å²) in [5.74, 6) is 2.01. The topological polar surface area (TPSA) is 79.8 Å². The fourth-order valence-electron chi connectivity index (χ4n) is 2.87. The van der Waals surface area contributed by atoms with Crippen molar-refractivity contribution >= 4 is 16.9 Å². The highest BCUT2D eigenvalue weighted by Gasteiger charge is 2.13. The quantitative estimate of drug-likeness (QED) is 0.343. The number of fused-ring (bicyclic) bond motifs is 1. The largest absolute Gasteiger partial charge is 0.493 e. The highest BCUT2D eigenvalue weighted by Crippen LogP contribution is 2.35. The number of methoxy groups -OCH3 is 2. The van der Waals surface area contributed by atoms with E-state index in [1.807, 2.05) is 6.07 Å². The van der Waals surface area contributed by atoms with Crippen molar-refractivity contribution in [3.8, 4) is 28.9 Å². The van der Waals surface area contributed by atoms with E-state index in [0.717, 1.165) is 0 Å². The van der Waals surface area contributed by atoms with Gasteiger partial charge < -0.3 is 18.9 Å². The minimum absolute atomic E-state index is 0.370. The SMILES string of the molecule is COc1cc2ncnc(Oc3ccc(OC(=O)c4ccccc4)cc3)c2cc1OC. The highest BCUT2D eigenvalue weighted by molar-refractivity contribution is 5.91. The molecule has 0 saturated heterocycles. The molecular weight excluding hydrogens is 384 g/mol. The van der Waals surface area contributed by atoms with Crippen LogP contribution in [0.2, 0.25) is 0 Å². The van der Waals surface area contributed by atoms with Gasteiger partial charge in [0, 0.05) is 6.07 Å². The number of aromatic nitrogens is 2. The Balaban J connectivity index is 1.55. The molecule has 3 aromatic carbocycles. The van der Waals surface area contributed by atoms with Gasteiger partial charge in [-0.2, -0.15) is 0 Å². The van der Waals surface area contributed by atoms with Crippen molar-refractivity contribution < 1.29 is 23.7 Å². The molecule has 0 bridgehead atoms. The summed E-state index contributed by atoms with van der Waals surface area (Å²) >= 11 is 0. The van der Waals surface area contributed by atoms with E-state index in [-0.39, 0.29) is 0 Å². The van der Waals surface area contributed by atoms with E-state index < -0.39 is 5.97 Å². The molecule has 0 aliphatic rings. The van der Waals surface area contributed by atoms with Crippen molar-refractivity contribution in [3.05, 3.63) is 78.6 Å². The van der Waals surface area contributed by atoms with Crippen LogP contribution in [0.4, 0.5) is 0 Å². The molecule has 150 valence electrons. The van der Waals surface area contributed by atoms with Crippen molar-refractivity contribution in [2.75, 3.05) is 14.2 Å². The zero-order valence-electron chi connectivity index (χ0n) is 16.4. The van der Waals surface area contributed by atoms with E-state index in [4.69, 9.17) is 18.9 Å². The number of hydrogen-bond donors (Lipinski definition) is 0. The Morgan fingerprint density at radius 3 is 2.17 bits per heavy atom. The van der Waals surface area contributed by atoms with Crippen LogP contribution in [0.5, 0.6) is 28.9 Å². The van der Waals surface area contributed by atoms with Crippen molar-refractivity contribution in [1.82, 2.24) is 9.97 Å². The molecule has 0 unspecified atom stereocenters. The standard InChI is InChI=1S/C23H18N2O5/c1-27-20-12-18-19(13-21(20)28-2)24-14-25-22(18)29-16-8-10-17(11-9-16)30-23(26)15-6-4-3-5-7-15/h3-14H,1-2H3. The molecule has 0 atom stereocenters. The van der Waals surface area contributed by atoms with Gasteiger partial charge >= 0.3 is 5.97 Å². The summed E-state index contributed by atoms with van der Waals surface area (Å²) in [5.41, 5.74) is 1.14. The second-order valence-corrected chi connectivity index (χ2v) is 6.23. The van der Waals surface area contributed by atoms with Crippen molar-refractivity contribution in [3.63, 3.8) is 0 Å². The summed E-state index contributed by atoms with van der Waals surface area (Å²) in [7, 11) is 3.12. The van der Waals surface area contributed by atoms with Crippen LogP contribution >= 0.6 is 0 Å². The molecule has 1 heterocycles. The molecule has 4 aromatic rings. The second-order valence-electron chi connectivity index (χ2n) is 6.23. The maximum atomic E-state index is 12.2. The van der Waals surface area contributed by atoms with Crippen LogP contribution in [0.3, 0.4) is 0 Å². The molecular formula is C23H18N2O5. The molecule has 0 amide bonds. The van der Waals surface area contributed by atoms with Gasteiger partial charge in [0.25, 0.3) is 0 Å². The average Bonchev–Trinajstić information content (AvgIpc) is 2.80. The Morgan fingerprint density at radius 1 is 0.800 bits per heavy atom. The molecule has 0 N–H and O–H groups in total. The highest BCUT2D eigenvalue weighted by atomic mass is 16.5. The summed E-state index contributed by atoms with van der Waals surface area (Å²) < 4.78 is 22.0. The number of esters is 1. The van der Waals surface area contributed by atoms with E-state index in [1.165, 1.54) is 6.33 Å². The summed E-state index contributed by atoms with van der Waals surface area (Å²) in [4.78, 5) is 20.6. The van der Waals surface area contributed by atoms with Crippen LogP contribution in [0.25, 0.3) is 10.9 Å². The maximum absolute atomic E-state index is 12.2. The van der Waals surface area contributed by atoms with Gasteiger partial charge in [-0.15, -0.1) is 0 Å². The van der Waals surface area contributed by atoms with Crippen LogP contribution in [0.15, 0.2) is 73.1 Å². The van der Waals surface area contributed by atoms with Crippen LogP contribution in [-0.4, -0.2) is 30.2 Å². The first kappa shape index (κ1) is 19.2. The summed E-state index contributed by atoms with van der Waals surface area (Å²) in [6.45, 7) is 0. The summed E-state index contributed by atoms with van der Waals surface area (Å²) in [6.07, 6.45) is 1.42. The number of ether oxygens (including phenoxy) is 4. The summed E-state index contributed by atoms with van der Waals surface area (Å²) in [6, 6.07) is 19.0. The van der Waals surface area contributed by atoms with E-state index in [1.54, 1.807) is 74.9 Å². The van der Waals surface area contributed by atoms with Gasteiger partial charge in [-0.05, 0) is 42.5 Å². The fourth-order valence-corrected chi connectivity index (χ4v) is 2.87. The minimum Gasteiger partial charge on any atom is -0.493 e. The van der Waals surface area contributed by atoms with E-state index >= 15 is 0 Å². The number of rotatable bonds is 6. The van der Waals surface area contributed by atoms with Gasteiger partial charge in [0.1, 0.15) is 17.8 Å². The predicted molar refractivity (Wildman–Crippen MR) is 111 cm³/mol. The zero-order chi connectivity index (χ0) is 20.9.